The molecule has 2 N–H and O–H groups in total. The normalized spacial score (nSPS) is 17.1. The number of carboxylic acid groups (broad SMARTS) is 1. The molecule has 0 bridgehead atoms. The number of aromatic nitrogens is 2. The molecule has 2 aromatic rings. The van der Waals surface area contributed by atoms with Gasteiger partial charge in [0.1, 0.15) is 17.5 Å². The van der Waals surface area contributed by atoms with E-state index in [0.29, 0.717) is 17.0 Å². The third-order valence-corrected chi connectivity index (χ3v) is 4.88. The van der Waals surface area contributed by atoms with Gasteiger partial charge >= 0.3 is 5.97 Å². The van der Waals surface area contributed by atoms with E-state index in [1.165, 1.54) is 6.07 Å². The molecule has 1 saturated heterocycles. The van der Waals surface area contributed by atoms with Crippen molar-refractivity contribution in [1.29, 1.82) is 0 Å². The predicted molar refractivity (Wildman–Crippen MR) is 74.1 cm³/mol. The van der Waals surface area contributed by atoms with Crippen LogP contribution in [-0.2, 0) is 9.84 Å². The largest absolute Gasteiger partial charge is 0.488 e. The summed E-state index contributed by atoms with van der Waals surface area (Å²) in [6, 6.07) is 8.36. The number of nitrogens with one attached hydrogen (secondary N) is 1. The first-order valence-corrected chi connectivity index (χ1v) is 8.01. The Morgan fingerprint density at radius 1 is 1.33 bits per heavy atom. The number of aromatic amines is 1. The SMILES string of the molecule is O=C(O)c1cc(-c2cccc(OC3CS(=O)(=O)C3)c2)n[nH]1. The molecule has 0 spiro atoms. The predicted octanol–water partition coefficient (Wildman–Crippen LogP) is 0.951. The Labute approximate surface area is 120 Å². The van der Waals surface area contributed by atoms with E-state index in [2.05, 4.69) is 10.2 Å². The molecule has 0 saturated carbocycles. The first-order valence-electron chi connectivity index (χ1n) is 6.19. The van der Waals surface area contributed by atoms with Crippen molar-refractivity contribution in [1.82, 2.24) is 10.2 Å². The number of aromatic carboxylic acids is 1. The number of rotatable bonds is 4. The van der Waals surface area contributed by atoms with Gasteiger partial charge in [0.2, 0.25) is 0 Å². The maximum atomic E-state index is 11.1. The van der Waals surface area contributed by atoms with Crippen molar-refractivity contribution in [2.24, 2.45) is 0 Å². The highest BCUT2D eigenvalue weighted by molar-refractivity contribution is 7.92. The van der Waals surface area contributed by atoms with E-state index in [1.807, 2.05) is 0 Å². The summed E-state index contributed by atoms with van der Waals surface area (Å²) in [5, 5.41) is 15.2. The van der Waals surface area contributed by atoms with Crippen LogP contribution in [0.25, 0.3) is 11.3 Å². The molecule has 0 amide bonds. The zero-order valence-electron chi connectivity index (χ0n) is 10.8. The van der Waals surface area contributed by atoms with Gasteiger partial charge in [0.25, 0.3) is 0 Å². The maximum Gasteiger partial charge on any atom is 0.353 e. The zero-order chi connectivity index (χ0) is 15.0. The molecule has 0 aliphatic carbocycles. The molecular formula is C13H12N2O5S. The van der Waals surface area contributed by atoms with Crippen molar-refractivity contribution in [3.05, 3.63) is 36.0 Å². The molecule has 1 aromatic carbocycles. The lowest BCUT2D eigenvalue weighted by Crippen LogP contribution is -2.45. The second-order valence-electron chi connectivity index (χ2n) is 4.82. The van der Waals surface area contributed by atoms with Gasteiger partial charge < -0.3 is 9.84 Å². The van der Waals surface area contributed by atoms with Crippen molar-refractivity contribution in [2.45, 2.75) is 6.10 Å². The number of nitrogens with zero attached hydrogens (tertiary/aromatic N) is 1. The third kappa shape index (κ3) is 2.89. The van der Waals surface area contributed by atoms with Crippen LogP contribution < -0.4 is 4.74 Å². The molecule has 7 nitrogen and oxygen atoms in total. The van der Waals surface area contributed by atoms with Gasteiger partial charge in [-0.3, -0.25) is 5.10 Å². The summed E-state index contributed by atoms with van der Waals surface area (Å²) < 4.78 is 27.8. The number of benzene rings is 1. The van der Waals surface area contributed by atoms with Crippen LogP contribution in [0.3, 0.4) is 0 Å². The fourth-order valence-electron chi connectivity index (χ4n) is 2.09. The lowest BCUT2D eigenvalue weighted by Gasteiger charge is -2.26. The van der Waals surface area contributed by atoms with E-state index in [0.717, 1.165) is 0 Å². The second kappa shape index (κ2) is 4.88. The molecule has 8 heteroatoms. The number of ether oxygens (including phenoxy) is 1. The minimum Gasteiger partial charge on any atom is -0.488 e. The van der Waals surface area contributed by atoms with Crippen LogP contribution in [0.15, 0.2) is 30.3 Å². The molecule has 1 aromatic heterocycles. The Hall–Kier alpha value is -2.35. The van der Waals surface area contributed by atoms with E-state index in [9.17, 15) is 13.2 Å². The summed E-state index contributed by atoms with van der Waals surface area (Å²) in [6.45, 7) is 0. The summed E-state index contributed by atoms with van der Waals surface area (Å²) in [5.74, 6) is -0.487. The Morgan fingerprint density at radius 3 is 2.71 bits per heavy atom. The summed E-state index contributed by atoms with van der Waals surface area (Å²) in [7, 11) is -2.93. The van der Waals surface area contributed by atoms with Crippen molar-refractivity contribution >= 4 is 15.8 Å². The highest BCUT2D eigenvalue weighted by Crippen LogP contribution is 2.25. The summed E-state index contributed by atoms with van der Waals surface area (Å²) in [4.78, 5) is 10.8. The van der Waals surface area contributed by atoms with E-state index in [-0.39, 0.29) is 23.3 Å². The quantitative estimate of drug-likeness (QED) is 0.870. The molecular weight excluding hydrogens is 296 g/mol. The second-order valence-corrected chi connectivity index (χ2v) is 6.97. The average Bonchev–Trinajstić information content (AvgIpc) is 2.86. The molecule has 1 aliphatic heterocycles. The number of hydrogen-bond acceptors (Lipinski definition) is 5. The van der Waals surface area contributed by atoms with E-state index in [1.54, 1.807) is 24.3 Å². The van der Waals surface area contributed by atoms with Crippen LogP contribution >= 0.6 is 0 Å². The molecule has 3 rings (SSSR count). The van der Waals surface area contributed by atoms with E-state index < -0.39 is 15.8 Å². The first-order chi connectivity index (χ1) is 9.93. The lowest BCUT2D eigenvalue weighted by atomic mass is 10.1. The number of carbonyl (C=O) groups is 1. The van der Waals surface area contributed by atoms with Gasteiger partial charge in [-0.1, -0.05) is 12.1 Å². The van der Waals surface area contributed by atoms with Gasteiger partial charge in [0.05, 0.1) is 17.2 Å². The van der Waals surface area contributed by atoms with Gasteiger partial charge in [0.15, 0.2) is 9.84 Å². The van der Waals surface area contributed by atoms with Crippen LogP contribution in [0.4, 0.5) is 0 Å². The lowest BCUT2D eigenvalue weighted by molar-refractivity contribution is 0.0690. The minimum atomic E-state index is -2.93. The smallest absolute Gasteiger partial charge is 0.353 e. The van der Waals surface area contributed by atoms with Crippen molar-refractivity contribution in [3.63, 3.8) is 0 Å². The average molecular weight is 308 g/mol. The highest BCUT2D eigenvalue weighted by Gasteiger charge is 2.35. The van der Waals surface area contributed by atoms with Crippen LogP contribution in [0.1, 0.15) is 10.5 Å². The number of H-pyrrole nitrogens is 1. The first kappa shape index (κ1) is 13.6. The summed E-state index contributed by atoms with van der Waals surface area (Å²) in [5.41, 5.74) is 1.18. The molecule has 1 aliphatic rings. The van der Waals surface area contributed by atoms with Gasteiger partial charge in [-0.15, -0.1) is 0 Å². The topological polar surface area (TPSA) is 109 Å². The maximum absolute atomic E-state index is 11.1. The molecule has 1 fully saturated rings. The van der Waals surface area contributed by atoms with Crippen LogP contribution in [0.5, 0.6) is 5.75 Å². The molecule has 21 heavy (non-hydrogen) atoms. The summed E-state index contributed by atoms with van der Waals surface area (Å²) in [6.07, 6.45) is -0.320. The number of hydrogen-bond donors (Lipinski definition) is 2. The van der Waals surface area contributed by atoms with Crippen LogP contribution in [0.2, 0.25) is 0 Å². The Balaban J connectivity index is 1.78. The van der Waals surface area contributed by atoms with Crippen LogP contribution in [-0.4, -0.2) is 47.3 Å². The molecule has 0 unspecified atom stereocenters. The Bertz CT molecular complexity index is 784. The number of carboxylic acids is 1. The highest BCUT2D eigenvalue weighted by atomic mass is 32.2. The Morgan fingerprint density at radius 2 is 2.10 bits per heavy atom. The van der Waals surface area contributed by atoms with Gasteiger partial charge in [-0.2, -0.15) is 5.10 Å². The Kier molecular flexibility index (Phi) is 3.17. The van der Waals surface area contributed by atoms with Gasteiger partial charge in [0, 0.05) is 5.56 Å². The van der Waals surface area contributed by atoms with Crippen molar-refractivity contribution < 1.29 is 23.1 Å². The van der Waals surface area contributed by atoms with Gasteiger partial charge in [-0.25, -0.2) is 13.2 Å². The van der Waals surface area contributed by atoms with E-state index >= 15 is 0 Å². The third-order valence-electron chi connectivity index (χ3n) is 3.12. The van der Waals surface area contributed by atoms with Crippen LogP contribution in [0, 0.1) is 0 Å². The fraction of sp³-hybridized carbons (Fsp3) is 0.231. The zero-order valence-corrected chi connectivity index (χ0v) is 11.6. The van der Waals surface area contributed by atoms with Gasteiger partial charge in [-0.05, 0) is 18.2 Å². The molecule has 110 valence electrons. The monoisotopic (exact) mass is 308 g/mol. The molecule has 0 atom stereocenters. The van der Waals surface area contributed by atoms with Crippen molar-refractivity contribution in [2.75, 3.05) is 11.5 Å². The molecule has 0 radical (unpaired) electrons. The number of sulfone groups is 1. The van der Waals surface area contributed by atoms with E-state index in [4.69, 9.17) is 9.84 Å². The summed E-state index contributed by atoms with van der Waals surface area (Å²) >= 11 is 0. The molecule has 2 heterocycles. The van der Waals surface area contributed by atoms with Crippen molar-refractivity contribution in [3.8, 4) is 17.0 Å². The fourth-order valence-corrected chi connectivity index (χ4v) is 3.26. The standard InChI is InChI=1S/C13H12N2O5S/c16-13(17)12-5-11(14-15-12)8-2-1-3-9(4-8)20-10-6-21(18,19)7-10/h1-5,10H,6-7H2,(H,14,15)(H,16,17). The minimum absolute atomic E-state index is 0.00130.